The van der Waals surface area contributed by atoms with Gasteiger partial charge in [0.15, 0.2) is 0 Å². The summed E-state index contributed by atoms with van der Waals surface area (Å²) in [5.74, 6) is -0.255. The lowest BCUT2D eigenvalue weighted by atomic mass is 10.1. The molecule has 0 fully saturated rings. The Morgan fingerprint density at radius 3 is 2.83 bits per heavy atom. The molecule has 0 radical (unpaired) electrons. The van der Waals surface area contributed by atoms with E-state index in [1.54, 1.807) is 12.1 Å². The molecule has 1 aliphatic carbocycles. The summed E-state index contributed by atoms with van der Waals surface area (Å²) in [6.45, 7) is -0.662. The topological polar surface area (TPSA) is 66.4 Å². The van der Waals surface area contributed by atoms with Gasteiger partial charge in [-0.15, -0.1) is 0 Å². The molecule has 0 amide bonds. The predicted molar refractivity (Wildman–Crippen MR) is 66.4 cm³/mol. The Balaban J connectivity index is 2.15. The van der Waals surface area contributed by atoms with Crippen molar-refractivity contribution in [2.45, 2.75) is 25.0 Å². The SMILES string of the molecule is O=S(=O)(CCCF)N[C@H]1c2ccccc2C[C@H]1O. The van der Waals surface area contributed by atoms with Gasteiger partial charge >= 0.3 is 0 Å². The first kappa shape index (κ1) is 13.5. The first-order valence-electron chi connectivity index (χ1n) is 5.85. The lowest BCUT2D eigenvalue weighted by molar-refractivity contribution is 0.151. The van der Waals surface area contributed by atoms with Gasteiger partial charge in [-0.25, -0.2) is 13.1 Å². The van der Waals surface area contributed by atoms with Gasteiger partial charge < -0.3 is 5.11 Å². The van der Waals surface area contributed by atoms with Crippen molar-refractivity contribution >= 4 is 10.0 Å². The molecule has 0 aliphatic heterocycles. The molecule has 1 aromatic carbocycles. The maximum Gasteiger partial charge on any atom is 0.212 e. The Kier molecular flexibility index (Phi) is 3.99. The number of alkyl halides is 1. The van der Waals surface area contributed by atoms with E-state index in [0.717, 1.165) is 11.1 Å². The van der Waals surface area contributed by atoms with Crippen molar-refractivity contribution in [3.63, 3.8) is 0 Å². The highest BCUT2D eigenvalue weighted by atomic mass is 32.2. The van der Waals surface area contributed by atoms with E-state index in [1.807, 2.05) is 12.1 Å². The van der Waals surface area contributed by atoms with Crippen LogP contribution in [-0.4, -0.2) is 32.1 Å². The molecule has 0 heterocycles. The van der Waals surface area contributed by atoms with Crippen molar-refractivity contribution in [2.24, 2.45) is 0 Å². The molecule has 0 unspecified atom stereocenters. The molecule has 2 atom stereocenters. The van der Waals surface area contributed by atoms with Crippen LogP contribution in [0.5, 0.6) is 0 Å². The average molecular weight is 273 g/mol. The van der Waals surface area contributed by atoms with Crippen LogP contribution in [0.25, 0.3) is 0 Å². The molecular formula is C12H16FNO3S. The Hall–Kier alpha value is -0.980. The third-order valence-corrected chi connectivity index (χ3v) is 4.50. The number of nitrogens with one attached hydrogen (secondary N) is 1. The van der Waals surface area contributed by atoms with Gasteiger partial charge in [-0.3, -0.25) is 4.39 Å². The normalized spacial score (nSPS) is 23.0. The van der Waals surface area contributed by atoms with Crippen LogP contribution in [0.2, 0.25) is 0 Å². The van der Waals surface area contributed by atoms with Crippen molar-refractivity contribution in [1.29, 1.82) is 0 Å². The Bertz CT molecular complexity index is 518. The second-order valence-electron chi connectivity index (χ2n) is 4.43. The van der Waals surface area contributed by atoms with Gasteiger partial charge in [-0.1, -0.05) is 24.3 Å². The molecule has 1 aliphatic rings. The highest BCUT2D eigenvalue weighted by Gasteiger charge is 2.33. The molecule has 4 nitrogen and oxygen atoms in total. The summed E-state index contributed by atoms with van der Waals surface area (Å²) < 4.78 is 37.9. The molecule has 1 aromatic rings. The summed E-state index contributed by atoms with van der Waals surface area (Å²) in [5.41, 5.74) is 1.75. The Labute approximate surface area is 106 Å². The molecule has 0 saturated heterocycles. The molecule has 6 heteroatoms. The number of fused-ring (bicyclic) bond motifs is 1. The number of aliphatic hydroxyl groups is 1. The zero-order valence-corrected chi connectivity index (χ0v) is 10.7. The van der Waals surface area contributed by atoms with Crippen LogP contribution >= 0.6 is 0 Å². The van der Waals surface area contributed by atoms with Crippen molar-refractivity contribution in [2.75, 3.05) is 12.4 Å². The summed E-state index contributed by atoms with van der Waals surface area (Å²) in [6.07, 6.45) is -0.353. The van der Waals surface area contributed by atoms with Gasteiger partial charge in [0.05, 0.1) is 24.6 Å². The minimum atomic E-state index is -3.55. The van der Waals surface area contributed by atoms with Crippen LogP contribution in [0.3, 0.4) is 0 Å². The molecule has 2 rings (SSSR count). The summed E-state index contributed by atoms with van der Waals surface area (Å²) in [7, 11) is -3.55. The van der Waals surface area contributed by atoms with Gasteiger partial charge in [-0.2, -0.15) is 0 Å². The average Bonchev–Trinajstić information content (AvgIpc) is 2.63. The Morgan fingerprint density at radius 1 is 1.39 bits per heavy atom. The van der Waals surface area contributed by atoms with E-state index in [4.69, 9.17) is 0 Å². The lowest BCUT2D eigenvalue weighted by Crippen LogP contribution is -2.35. The first-order chi connectivity index (χ1) is 8.53. The first-order valence-corrected chi connectivity index (χ1v) is 7.50. The maximum atomic E-state index is 12.0. The van der Waals surface area contributed by atoms with Gasteiger partial charge in [0, 0.05) is 6.42 Å². The Morgan fingerprint density at radius 2 is 2.11 bits per heavy atom. The minimum Gasteiger partial charge on any atom is -0.391 e. The molecular weight excluding hydrogens is 257 g/mol. The summed E-state index contributed by atoms with van der Waals surface area (Å²) in [5, 5.41) is 9.90. The molecule has 0 saturated carbocycles. The summed E-state index contributed by atoms with van der Waals surface area (Å²) >= 11 is 0. The van der Waals surface area contributed by atoms with Crippen molar-refractivity contribution < 1.29 is 17.9 Å². The van der Waals surface area contributed by atoms with E-state index in [9.17, 15) is 17.9 Å². The number of benzene rings is 1. The highest BCUT2D eigenvalue weighted by Crippen LogP contribution is 2.31. The van der Waals surface area contributed by atoms with Crippen LogP contribution < -0.4 is 4.72 Å². The van der Waals surface area contributed by atoms with Crippen LogP contribution in [0, 0.1) is 0 Å². The third kappa shape index (κ3) is 2.88. The fourth-order valence-electron chi connectivity index (χ4n) is 2.21. The number of sulfonamides is 1. The standard InChI is InChI=1S/C12H16FNO3S/c13-6-3-7-18(16,17)14-12-10-5-2-1-4-9(10)8-11(12)15/h1-2,4-5,11-12,14-15H,3,6-8H2/t11-,12+/m1/s1. The smallest absolute Gasteiger partial charge is 0.212 e. The van der Waals surface area contributed by atoms with Crippen LogP contribution in [0.4, 0.5) is 4.39 Å². The van der Waals surface area contributed by atoms with Crippen molar-refractivity contribution in [3.05, 3.63) is 35.4 Å². The lowest BCUT2D eigenvalue weighted by Gasteiger charge is -2.17. The molecule has 0 bridgehead atoms. The highest BCUT2D eigenvalue weighted by molar-refractivity contribution is 7.89. The number of hydrogen-bond donors (Lipinski definition) is 2. The summed E-state index contributed by atoms with van der Waals surface area (Å²) in [6, 6.07) is 6.71. The third-order valence-electron chi connectivity index (χ3n) is 3.06. The second kappa shape index (κ2) is 5.34. The molecule has 0 aromatic heterocycles. The molecule has 0 spiro atoms. The van der Waals surface area contributed by atoms with Crippen molar-refractivity contribution in [3.8, 4) is 0 Å². The van der Waals surface area contributed by atoms with Gasteiger partial charge in [0.1, 0.15) is 0 Å². The number of aliphatic hydroxyl groups excluding tert-OH is 1. The van der Waals surface area contributed by atoms with Gasteiger partial charge in [-0.05, 0) is 17.5 Å². The van der Waals surface area contributed by atoms with E-state index >= 15 is 0 Å². The summed E-state index contributed by atoms with van der Waals surface area (Å²) in [4.78, 5) is 0. The largest absolute Gasteiger partial charge is 0.391 e. The molecule has 2 N–H and O–H groups in total. The monoisotopic (exact) mass is 273 g/mol. The van der Waals surface area contributed by atoms with Crippen molar-refractivity contribution in [1.82, 2.24) is 4.72 Å². The maximum absolute atomic E-state index is 12.0. The van der Waals surface area contributed by atoms with E-state index < -0.39 is 28.8 Å². The number of hydrogen-bond acceptors (Lipinski definition) is 3. The zero-order valence-electron chi connectivity index (χ0n) is 9.84. The molecule has 100 valence electrons. The van der Waals surface area contributed by atoms with E-state index in [1.165, 1.54) is 0 Å². The fourth-order valence-corrected chi connectivity index (χ4v) is 3.49. The van der Waals surface area contributed by atoms with Gasteiger partial charge in [0.2, 0.25) is 10.0 Å². The molecule has 18 heavy (non-hydrogen) atoms. The fraction of sp³-hybridized carbons (Fsp3) is 0.500. The quantitative estimate of drug-likeness (QED) is 0.838. The van der Waals surface area contributed by atoms with E-state index in [-0.39, 0.29) is 12.2 Å². The zero-order chi connectivity index (χ0) is 13.2. The number of rotatable bonds is 5. The van der Waals surface area contributed by atoms with Crippen LogP contribution in [0.15, 0.2) is 24.3 Å². The van der Waals surface area contributed by atoms with Gasteiger partial charge in [0.25, 0.3) is 0 Å². The van der Waals surface area contributed by atoms with Crippen LogP contribution in [-0.2, 0) is 16.4 Å². The van der Waals surface area contributed by atoms with E-state index in [0.29, 0.717) is 6.42 Å². The van der Waals surface area contributed by atoms with E-state index in [2.05, 4.69) is 4.72 Å². The number of halogens is 1. The predicted octanol–water partition coefficient (Wildman–Crippen LogP) is 0.924. The minimum absolute atomic E-state index is 0.0280. The van der Waals surface area contributed by atoms with Crippen LogP contribution in [0.1, 0.15) is 23.6 Å². The second-order valence-corrected chi connectivity index (χ2v) is 6.30.